The van der Waals surface area contributed by atoms with Gasteiger partial charge in [-0.2, -0.15) is 0 Å². The van der Waals surface area contributed by atoms with E-state index >= 15 is 0 Å². The summed E-state index contributed by atoms with van der Waals surface area (Å²) < 4.78 is 0. The van der Waals surface area contributed by atoms with Crippen molar-refractivity contribution in [3.05, 3.63) is 128 Å². The standard InChI is InChI=1S/C33H21N5/c1-3-9-28-19-34-30(17-22(28)7-1)24-11-5-13-26(15-24)32-36-21-37-33(38-32)27-14-6-12-25(16-27)31-18-23-8-2-4-10-29(23)20-35-31/h1-21H. The molecule has 178 valence electrons. The molecular weight excluding hydrogens is 466 g/mol. The summed E-state index contributed by atoms with van der Waals surface area (Å²) in [5.74, 6) is 1.23. The van der Waals surface area contributed by atoms with E-state index in [-0.39, 0.29) is 0 Å². The Labute approximate surface area is 219 Å². The first-order valence-corrected chi connectivity index (χ1v) is 12.4. The molecule has 3 heterocycles. The Morgan fingerprint density at radius 3 is 1.32 bits per heavy atom. The highest BCUT2D eigenvalue weighted by molar-refractivity contribution is 5.86. The normalized spacial score (nSPS) is 11.2. The van der Waals surface area contributed by atoms with E-state index in [1.165, 1.54) is 0 Å². The topological polar surface area (TPSA) is 64.5 Å². The van der Waals surface area contributed by atoms with Crippen LogP contribution in [-0.2, 0) is 0 Å². The number of hydrogen-bond donors (Lipinski definition) is 0. The molecule has 5 nitrogen and oxygen atoms in total. The average Bonchev–Trinajstić information content (AvgIpc) is 3.01. The van der Waals surface area contributed by atoms with Crippen LogP contribution in [0.4, 0.5) is 0 Å². The van der Waals surface area contributed by atoms with E-state index in [9.17, 15) is 0 Å². The number of nitrogens with zero attached hydrogens (tertiary/aromatic N) is 5. The number of benzene rings is 4. The first-order valence-electron chi connectivity index (χ1n) is 12.4. The zero-order valence-corrected chi connectivity index (χ0v) is 20.4. The molecule has 0 amide bonds. The number of pyridine rings is 2. The van der Waals surface area contributed by atoms with Gasteiger partial charge in [0.05, 0.1) is 11.4 Å². The SMILES string of the molecule is c1cc(-c2cc3ccccc3cn2)cc(-c2ncnc(-c3cccc(-c4cc5ccccc5cn4)c3)n2)c1. The Morgan fingerprint density at radius 2 is 0.816 bits per heavy atom. The summed E-state index contributed by atoms with van der Waals surface area (Å²) >= 11 is 0. The van der Waals surface area contributed by atoms with Crippen LogP contribution >= 0.6 is 0 Å². The maximum Gasteiger partial charge on any atom is 0.163 e. The second-order valence-electron chi connectivity index (χ2n) is 9.13. The van der Waals surface area contributed by atoms with Gasteiger partial charge in [-0.1, -0.05) is 84.9 Å². The Hall–Kier alpha value is -5.29. The van der Waals surface area contributed by atoms with Crippen LogP contribution in [0.15, 0.2) is 128 Å². The molecule has 0 aliphatic heterocycles. The van der Waals surface area contributed by atoms with Crippen LogP contribution in [0.2, 0.25) is 0 Å². The maximum absolute atomic E-state index is 4.82. The molecule has 4 aromatic carbocycles. The first-order chi connectivity index (χ1) is 18.8. The molecule has 0 spiro atoms. The van der Waals surface area contributed by atoms with Crippen LogP contribution in [0.25, 0.3) is 66.8 Å². The van der Waals surface area contributed by atoms with E-state index in [1.54, 1.807) is 6.33 Å². The molecule has 7 aromatic rings. The van der Waals surface area contributed by atoms with Crippen LogP contribution in [0, 0.1) is 0 Å². The Kier molecular flexibility index (Phi) is 5.37. The lowest BCUT2D eigenvalue weighted by Crippen LogP contribution is -1.96. The predicted octanol–water partition coefficient (Wildman–Crippen LogP) is 7.64. The fourth-order valence-electron chi connectivity index (χ4n) is 4.69. The van der Waals surface area contributed by atoms with E-state index in [1.807, 2.05) is 60.9 Å². The zero-order chi connectivity index (χ0) is 25.3. The molecule has 0 N–H and O–H groups in total. The number of hydrogen-bond acceptors (Lipinski definition) is 5. The van der Waals surface area contributed by atoms with E-state index < -0.39 is 0 Å². The summed E-state index contributed by atoms with van der Waals surface area (Å²) in [7, 11) is 0. The quantitative estimate of drug-likeness (QED) is 0.255. The van der Waals surface area contributed by atoms with Gasteiger partial charge in [0.1, 0.15) is 6.33 Å². The number of rotatable bonds is 4. The molecule has 0 fully saturated rings. The molecule has 0 bridgehead atoms. The van der Waals surface area contributed by atoms with Gasteiger partial charge in [-0.3, -0.25) is 9.97 Å². The van der Waals surface area contributed by atoms with Gasteiger partial charge in [0.15, 0.2) is 11.6 Å². The molecule has 5 heteroatoms. The third-order valence-electron chi connectivity index (χ3n) is 6.67. The Balaban J connectivity index is 1.23. The summed E-state index contributed by atoms with van der Waals surface area (Å²) in [4.78, 5) is 23.1. The van der Waals surface area contributed by atoms with E-state index in [4.69, 9.17) is 4.98 Å². The second kappa shape index (κ2) is 9.30. The summed E-state index contributed by atoms with van der Waals surface area (Å²) in [5, 5.41) is 4.56. The zero-order valence-electron chi connectivity index (χ0n) is 20.4. The molecule has 0 aliphatic carbocycles. The third kappa shape index (κ3) is 4.16. The van der Waals surface area contributed by atoms with Gasteiger partial charge in [-0.25, -0.2) is 15.0 Å². The molecule has 38 heavy (non-hydrogen) atoms. The minimum Gasteiger partial charge on any atom is -0.256 e. The fraction of sp³-hybridized carbons (Fsp3) is 0. The van der Waals surface area contributed by atoms with Gasteiger partial charge in [0.2, 0.25) is 0 Å². The highest BCUT2D eigenvalue weighted by Crippen LogP contribution is 2.28. The van der Waals surface area contributed by atoms with Crippen molar-refractivity contribution in [3.8, 4) is 45.3 Å². The van der Waals surface area contributed by atoms with Gasteiger partial charge in [-0.15, -0.1) is 0 Å². The van der Waals surface area contributed by atoms with Crippen molar-refractivity contribution in [2.45, 2.75) is 0 Å². The van der Waals surface area contributed by atoms with Gasteiger partial charge in [0, 0.05) is 45.4 Å². The largest absolute Gasteiger partial charge is 0.256 e. The average molecular weight is 488 g/mol. The summed E-state index contributed by atoms with van der Waals surface area (Å²) in [6.45, 7) is 0. The summed E-state index contributed by atoms with van der Waals surface area (Å²) in [5.41, 5.74) is 5.67. The van der Waals surface area contributed by atoms with Gasteiger partial charge >= 0.3 is 0 Å². The van der Waals surface area contributed by atoms with Crippen molar-refractivity contribution in [1.82, 2.24) is 24.9 Å². The molecular formula is C33H21N5. The summed E-state index contributed by atoms with van der Waals surface area (Å²) in [6, 6.07) is 37.0. The summed E-state index contributed by atoms with van der Waals surface area (Å²) in [6.07, 6.45) is 5.39. The van der Waals surface area contributed by atoms with Crippen molar-refractivity contribution < 1.29 is 0 Å². The minimum absolute atomic E-state index is 0.617. The van der Waals surface area contributed by atoms with Gasteiger partial charge in [-0.05, 0) is 35.0 Å². The van der Waals surface area contributed by atoms with E-state index in [0.29, 0.717) is 11.6 Å². The lowest BCUT2D eigenvalue weighted by atomic mass is 10.0. The Bertz CT molecular complexity index is 1810. The van der Waals surface area contributed by atoms with Gasteiger partial charge in [0.25, 0.3) is 0 Å². The van der Waals surface area contributed by atoms with Crippen molar-refractivity contribution in [2.75, 3.05) is 0 Å². The highest BCUT2D eigenvalue weighted by Gasteiger charge is 2.10. The van der Waals surface area contributed by atoms with E-state index in [2.05, 4.69) is 80.6 Å². The van der Waals surface area contributed by atoms with Crippen molar-refractivity contribution in [2.24, 2.45) is 0 Å². The van der Waals surface area contributed by atoms with Crippen molar-refractivity contribution >= 4 is 21.5 Å². The molecule has 0 unspecified atom stereocenters. The number of fused-ring (bicyclic) bond motifs is 2. The lowest BCUT2D eigenvalue weighted by Gasteiger charge is -2.08. The fourth-order valence-corrected chi connectivity index (χ4v) is 4.69. The molecule has 0 saturated carbocycles. The molecule has 0 aliphatic rings. The lowest BCUT2D eigenvalue weighted by molar-refractivity contribution is 1.06. The molecule has 0 saturated heterocycles. The third-order valence-corrected chi connectivity index (χ3v) is 6.67. The monoisotopic (exact) mass is 487 g/mol. The minimum atomic E-state index is 0.617. The van der Waals surface area contributed by atoms with Crippen LogP contribution in [-0.4, -0.2) is 24.9 Å². The first kappa shape index (κ1) is 21.9. The van der Waals surface area contributed by atoms with Crippen LogP contribution in [0.1, 0.15) is 0 Å². The van der Waals surface area contributed by atoms with Crippen LogP contribution < -0.4 is 0 Å². The highest BCUT2D eigenvalue weighted by atomic mass is 15.0. The molecule has 0 radical (unpaired) electrons. The second-order valence-corrected chi connectivity index (χ2v) is 9.13. The molecule has 3 aromatic heterocycles. The molecule has 0 atom stereocenters. The van der Waals surface area contributed by atoms with Crippen molar-refractivity contribution in [3.63, 3.8) is 0 Å². The van der Waals surface area contributed by atoms with Crippen LogP contribution in [0.5, 0.6) is 0 Å². The van der Waals surface area contributed by atoms with Crippen molar-refractivity contribution in [1.29, 1.82) is 0 Å². The van der Waals surface area contributed by atoms with E-state index in [0.717, 1.165) is 55.2 Å². The number of aromatic nitrogens is 5. The predicted molar refractivity (Wildman–Crippen MR) is 152 cm³/mol. The molecule has 7 rings (SSSR count). The maximum atomic E-state index is 4.82. The smallest absolute Gasteiger partial charge is 0.163 e. The Morgan fingerprint density at radius 1 is 0.368 bits per heavy atom. The van der Waals surface area contributed by atoms with Gasteiger partial charge < -0.3 is 0 Å². The van der Waals surface area contributed by atoms with Crippen LogP contribution in [0.3, 0.4) is 0 Å².